The molecule has 15 heavy (non-hydrogen) atoms. The molecule has 0 amide bonds. The standard InChI is InChI=1S/C11H15NO2S/c1-14-10(13)6-8-2-4-12-7-9-3-5-15-11(8)9/h3,5,8,12H,2,4,6-7H2,1H3. The molecule has 0 saturated carbocycles. The lowest BCUT2D eigenvalue weighted by Crippen LogP contribution is -2.13. The Labute approximate surface area is 93.4 Å². The van der Waals surface area contributed by atoms with Crippen molar-refractivity contribution < 1.29 is 9.53 Å². The minimum absolute atomic E-state index is 0.110. The number of carbonyl (C=O) groups excluding carboxylic acids is 1. The minimum Gasteiger partial charge on any atom is -0.469 e. The van der Waals surface area contributed by atoms with Crippen molar-refractivity contribution in [1.82, 2.24) is 5.32 Å². The summed E-state index contributed by atoms with van der Waals surface area (Å²) < 4.78 is 4.73. The summed E-state index contributed by atoms with van der Waals surface area (Å²) in [5.74, 6) is 0.226. The van der Waals surface area contributed by atoms with Crippen LogP contribution in [0.1, 0.15) is 29.2 Å². The molecule has 82 valence electrons. The number of nitrogens with one attached hydrogen (secondary N) is 1. The first-order valence-electron chi connectivity index (χ1n) is 5.15. The number of carbonyl (C=O) groups is 1. The number of hydrogen-bond acceptors (Lipinski definition) is 4. The smallest absolute Gasteiger partial charge is 0.306 e. The molecule has 2 heterocycles. The maximum atomic E-state index is 11.3. The molecule has 1 aliphatic rings. The molecule has 1 N–H and O–H groups in total. The van der Waals surface area contributed by atoms with Gasteiger partial charge in [-0.15, -0.1) is 11.3 Å². The highest BCUT2D eigenvalue weighted by molar-refractivity contribution is 7.10. The highest BCUT2D eigenvalue weighted by atomic mass is 32.1. The van der Waals surface area contributed by atoms with Crippen molar-refractivity contribution in [2.45, 2.75) is 25.3 Å². The Morgan fingerprint density at radius 3 is 3.40 bits per heavy atom. The van der Waals surface area contributed by atoms with Crippen LogP contribution >= 0.6 is 11.3 Å². The average Bonchev–Trinajstić information content (AvgIpc) is 2.63. The third kappa shape index (κ3) is 2.38. The van der Waals surface area contributed by atoms with Gasteiger partial charge in [-0.2, -0.15) is 0 Å². The predicted octanol–water partition coefficient (Wildman–Crippen LogP) is 1.89. The van der Waals surface area contributed by atoms with Crippen LogP contribution in [0.3, 0.4) is 0 Å². The van der Waals surface area contributed by atoms with Gasteiger partial charge in [0.2, 0.25) is 0 Å². The summed E-state index contributed by atoms with van der Waals surface area (Å²) in [4.78, 5) is 12.6. The Balaban J connectivity index is 2.15. The minimum atomic E-state index is -0.110. The first-order valence-corrected chi connectivity index (χ1v) is 6.03. The molecule has 1 aromatic heterocycles. The van der Waals surface area contributed by atoms with Crippen LogP contribution in [0.25, 0.3) is 0 Å². The van der Waals surface area contributed by atoms with Gasteiger partial charge in [-0.25, -0.2) is 0 Å². The molecule has 1 aromatic rings. The lowest BCUT2D eigenvalue weighted by Gasteiger charge is -2.12. The zero-order valence-electron chi connectivity index (χ0n) is 8.79. The topological polar surface area (TPSA) is 38.3 Å². The highest BCUT2D eigenvalue weighted by Gasteiger charge is 2.22. The SMILES string of the molecule is COC(=O)CC1CCNCc2ccsc21. The van der Waals surface area contributed by atoms with Crippen LogP contribution in [0.2, 0.25) is 0 Å². The van der Waals surface area contributed by atoms with Crippen LogP contribution < -0.4 is 5.32 Å². The summed E-state index contributed by atoms with van der Waals surface area (Å²) in [5, 5.41) is 5.46. The number of fused-ring (bicyclic) bond motifs is 1. The van der Waals surface area contributed by atoms with Gasteiger partial charge in [0.05, 0.1) is 13.5 Å². The molecule has 4 heteroatoms. The van der Waals surface area contributed by atoms with Crippen LogP contribution in [0.5, 0.6) is 0 Å². The fourth-order valence-corrected chi connectivity index (χ4v) is 3.03. The Kier molecular flexibility index (Phi) is 3.38. The largest absolute Gasteiger partial charge is 0.469 e. The Bertz CT molecular complexity index is 348. The Morgan fingerprint density at radius 2 is 2.60 bits per heavy atom. The van der Waals surface area contributed by atoms with Gasteiger partial charge in [-0.3, -0.25) is 4.79 Å². The van der Waals surface area contributed by atoms with Crippen molar-refractivity contribution >= 4 is 17.3 Å². The molecule has 2 rings (SSSR count). The van der Waals surface area contributed by atoms with E-state index < -0.39 is 0 Å². The third-order valence-electron chi connectivity index (χ3n) is 2.78. The summed E-state index contributed by atoms with van der Waals surface area (Å²) in [6.07, 6.45) is 1.52. The molecule has 0 aromatic carbocycles. The molecule has 1 aliphatic heterocycles. The van der Waals surface area contributed by atoms with Crippen molar-refractivity contribution in [2.24, 2.45) is 0 Å². The number of hydrogen-bond donors (Lipinski definition) is 1. The second kappa shape index (κ2) is 4.77. The summed E-state index contributed by atoms with van der Waals surface area (Å²) in [6, 6.07) is 2.14. The van der Waals surface area contributed by atoms with Gasteiger partial charge in [-0.05, 0) is 30.0 Å². The van der Waals surface area contributed by atoms with Crippen molar-refractivity contribution in [1.29, 1.82) is 0 Å². The van der Waals surface area contributed by atoms with E-state index in [1.807, 2.05) is 0 Å². The van der Waals surface area contributed by atoms with E-state index in [4.69, 9.17) is 4.74 Å². The van der Waals surface area contributed by atoms with Crippen molar-refractivity contribution in [3.8, 4) is 0 Å². The Hall–Kier alpha value is -0.870. The van der Waals surface area contributed by atoms with Gasteiger partial charge in [0, 0.05) is 17.3 Å². The van der Waals surface area contributed by atoms with E-state index in [1.54, 1.807) is 11.3 Å². The molecule has 0 radical (unpaired) electrons. The van der Waals surface area contributed by atoms with Crippen molar-refractivity contribution in [3.63, 3.8) is 0 Å². The molecule has 0 bridgehead atoms. The van der Waals surface area contributed by atoms with E-state index in [9.17, 15) is 4.79 Å². The molecule has 0 spiro atoms. The van der Waals surface area contributed by atoms with Crippen LogP contribution in [0.15, 0.2) is 11.4 Å². The zero-order valence-corrected chi connectivity index (χ0v) is 9.60. The lowest BCUT2D eigenvalue weighted by molar-refractivity contribution is -0.141. The van der Waals surface area contributed by atoms with Gasteiger partial charge in [0.15, 0.2) is 0 Å². The zero-order chi connectivity index (χ0) is 10.7. The fraction of sp³-hybridized carbons (Fsp3) is 0.545. The van der Waals surface area contributed by atoms with E-state index >= 15 is 0 Å². The molecule has 0 fully saturated rings. The Morgan fingerprint density at radius 1 is 1.73 bits per heavy atom. The monoisotopic (exact) mass is 225 g/mol. The molecular weight excluding hydrogens is 210 g/mol. The molecular formula is C11H15NO2S. The first-order chi connectivity index (χ1) is 7.31. The number of methoxy groups -OCH3 is 1. The van der Waals surface area contributed by atoms with Crippen molar-refractivity contribution in [2.75, 3.05) is 13.7 Å². The first kappa shape index (κ1) is 10.6. The van der Waals surface area contributed by atoms with Gasteiger partial charge in [0.1, 0.15) is 0 Å². The maximum Gasteiger partial charge on any atom is 0.306 e. The van der Waals surface area contributed by atoms with Gasteiger partial charge in [-0.1, -0.05) is 0 Å². The second-order valence-electron chi connectivity index (χ2n) is 3.75. The lowest BCUT2D eigenvalue weighted by atomic mass is 9.98. The van der Waals surface area contributed by atoms with E-state index in [0.717, 1.165) is 19.5 Å². The summed E-state index contributed by atoms with van der Waals surface area (Å²) in [5.41, 5.74) is 1.34. The summed E-state index contributed by atoms with van der Waals surface area (Å²) >= 11 is 1.75. The van der Waals surface area contributed by atoms with Crippen LogP contribution in [0, 0.1) is 0 Å². The van der Waals surface area contributed by atoms with Crippen molar-refractivity contribution in [3.05, 3.63) is 21.9 Å². The second-order valence-corrected chi connectivity index (χ2v) is 4.70. The number of esters is 1. The van der Waals surface area contributed by atoms with Gasteiger partial charge < -0.3 is 10.1 Å². The van der Waals surface area contributed by atoms with Crippen LogP contribution in [-0.4, -0.2) is 19.6 Å². The van der Waals surface area contributed by atoms with Crippen LogP contribution in [0.4, 0.5) is 0 Å². The number of thiophene rings is 1. The highest BCUT2D eigenvalue weighted by Crippen LogP contribution is 2.33. The van der Waals surface area contributed by atoms with E-state index in [-0.39, 0.29) is 5.97 Å². The van der Waals surface area contributed by atoms with Crippen LogP contribution in [-0.2, 0) is 16.1 Å². The van der Waals surface area contributed by atoms with E-state index in [0.29, 0.717) is 12.3 Å². The normalized spacial score (nSPS) is 20.5. The molecule has 1 atom stereocenters. The quantitative estimate of drug-likeness (QED) is 0.781. The number of ether oxygens (including phenoxy) is 1. The number of rotatable bonds is 2. The summed E-state index contributed by atoms with van der Waals surface area (Å²) in [7, 11) is 1.45. The molecule has 0 saturated heterocycles. The van der Waals surface area contributed by atoms with Gasteiger partial charge >= 0.3 is 5.97 Å². The maximum absolute atomic E-state index is 11.3. The van der Waals surface area contributed by atoms with E-state index in [1.165, 1.54) is 17.6 Å². The molecule has 1 unspecified atom stereocenters. The van der Waals surface area contributed by atoms with Gasteiger partial charge in [0.25, 0.3) is 0 Å². The predicted molar refractivity (Wildman–Crippen MR) is 60.0 cm³/mol. The summed E-state index contributed by atoms with van der Waals surface area (Å²) in [6.45, 7) is 1.90. The fourth-order valence-electron chi connectivity index (χ4n) is 1.96. The average molecular weight is 225 g/mol. The third-order valence-corrected chi connectivity index (χ3v) is 3.90. The molecule has 3 nitrogen and oxygen atoms in total. The van der Waals surface area contributed by atoms with E-state index in [2.05, 4.69) is 16.8 Å². The molecule has 0 aliphatic carbocycles.